The number of rotatable bonds is 6. The molecule has 172 valence electrons. The first-order chi connectivity index (χ1) is 16.4. The van der Waals surface area contributed by atoms with Crippen molar-refractivity contribution < 1.29 is 0 Å². The molecule has 6 nitrogen and oxygen atoms in total. The van der Waals surface area contributed by atoms with Crippen molar-refractivity contribution in [2.75, 3.05) is 6.54 Å². The lowest BCUT2D eigenvalue weighted by Crippen LogP contribution is -2.26. The Bertz CT molecular complexity index is 1510. The fourth-order valence-electron chi connectivity index (χ4n) is 4.21. The van der Waals surface area contributed by atoms with Gasteiger partial charge < -0.3 is 14.3 Å². The van der Waals surface area contributed by atoms with Crippen LogP contribution < -0.4 is 10.9 Å². The molecule has 1 N–H and O–H groups in total. The summed E-state index contributed by atoms with van der Waals surface area (Å²) in [7, 11) is 0. The van der Waals surface area contributed by atoms with Gasteiger partial charge in [-0.05, 0) is 34.1 Å². The third-order valence-electron chi connectivity index (χ3n) is 5.86. The monoisotopic (exact) mass is 451 g/mol. The second-order valence-electron chi connectivity index (χ2n) is 9.96. The minimum Gasteiger partial charge on any atom is -0.312 e. The first-order valence-corrected chi connectivity index (χ1v) is 11.6. The summed E-state index contributed by atoms with van der Waals surface area (Å²) in [5.41, 5.74) is 5.10. The molecule has 0 aliphatic rings. The highest BCUT2D eigenvalue weighted by Gasteiger charge is 2.12. The van der Waals surface area contributed by atoms with Gasteiger partial charge in [0, 0.05) is 49.6 Å². The van der Waals surface area contributed by atoms with Gasteiger partial charge >= 0.3 is 0 Å². The molecule has 0 aliphatic carbocycles. The number of aromatic nitrogens is 4. The molecule has 0 saturated carbocycles. The van der Waals surface area contributed by atoms with E-state index in [4.69, 9.17) is 4.98 Å². The maximum atomic E-state index is 13.3. The van der Waals surface area contributed by atoms with Crippen LogP contribution in [0.4, 0.5) is 0 Å². The number of pyridine rings is 3. The minimum absolute atomic E-state index is 0.0630. The Labute approximate surface area is 198 Å². The molecule has 5 rings (SSSR count). The number of nitrogens with one attached hydrogen (secondary N) is 1. The van der Waals surface area contributed by atoms with Crippen LogP contribution in [-0.2, 0) is 13.1 Å². The van der Waals surface area contributed by atoms with E-state index >= 15 is 0 Å². The fourth-order valence-corrected chi connectivity index (χ4v) is 4.21. The maximum Gasteiger partial charge on any atom is 0.260 e. The van der Waals surface area contributed by atoms with E-state index in [1.807, 2.05) is 65.5 Å². The van der Waals surface area contributed by atoms with E-state index in [1.165, 1.54) is 5.56 Å². The molecule has 0 atom stereocenters. The lowest BCUT2D eigenvalue weighted by Gasteiger charge is -2.18. The highest BCUT2D eigenvalue weighted by Crippen LogP contribution is 2.25. The molecule has 4 aromatic heterocycles. The predicted octanol–water partition coefficient (Wildman–Crippen LogP) is 4.90. The average Bonchev–Trinajstić information content (AvgIpc) is 3.22. The Morgan fingerprint density at radius 1 is 0.941 bits per heavy atom. The summed E-state index contributed by atoms with van der Waals surface area (Å²) in [6.07, 6.45) is 9.42. The van der Waals surface area contributed by atoms with Crippen LogP contribution in [0.5, 0.6) is 0 Å². The van der Waals surface area contributed by atoms with Crippen molar-refractivity contribution in [3.63, 3.8) is 0 Å². The summed E-state index contributed by atoms with van der Waals surface area (Å²) in [5, 5.41) is 5.03. The molecule has 34 heavy (non-hydrogen) atoms. The molecule has 0 saturated heterocycles. The van der Waals surface area contributed by atoms with Gasteiger partial charge in [-0.25, -0.2) is 4.98 Å². The Morgan fingerprint density at radius 3 is 2.56 bits per heavy atom. The van der Waals surface area contributed by atoms with E-state index in [0.29, 0.717) is 11.9 Å². The van der Waals surface area contributed by atoms with Crippen LogP contribution in [0.2, 0.25) is 0 Å². The molecule has 6 heteroatoms. The zero-order valence-electron chi connectivity index (χ0n) is 19.8. The predicted molar refractivity (Wildman–Crippen MR) is 137 cm³/mol. The first-order valence-electron chi connectivity index (χ1n) is 11.6. The van der Waals surface area contributed by atoms with Gasteiger partial charge in [0.25, 0.3) is 5.56 Å². The highest BCUT2D eigenvalue weighted by atomic mass is 16.1. The minimum atomic E-state index is -0.0630. The summed E-state index contributed by atoms with van der Waals surface area (Å²) in [4.78, 5) is 22.3. The molecule has 0 unspecified atom stereocenters. The van der Waals surface area contributed by atoms with E-state index in [1.54, 1.807) is 10.8 Å². The van der Waals surface area contributed by atoms with Gasteiger partial charge in [0.2, 0.25) is 0 Å². The van der Waals surface area contributed by atoms with Crippen LogP contribution in [0.3, 0.4) is 0 Å². The second-order valence-corrected chi connectivity index (χ2v) is 9.96. The quantitative estimate of drug-likeness (QED) is 0.399. The van der Waals surface area contributed by atoms with Crippen LogP contribution in [0.15, 0.2) is 84.3 Å². The van der Waals surface area contributed by atoms with Gasteiger partial charge in [0.15, 0.2) is 0 Å². The van der Waals surface area contributed by atoms with E-state index in [-0.39, 0.29) is 11.0 Å². The average molecular weight is 452 g/mol. The van der Waals surface area contributed by atoms with E-state index in [9.17, 15) is 4.79 Å². The lowest BCUT2D eigenvalue weighted by molar-refractivity contribution is 0.379. The smallest absolute Gasteiger partial charge is 0.260 e. The van der Waals surface area contributed by atoms with Gasteiger partial charge in [-0.1, -0.05) is 57.2 Å². The number of nitrogens with zero attached hydrogens (tertiary/aromatic N) is 4. The highest BCUT2D eigenvalue weighted by molar-refractivity contribution is 5.95. The van der Waals surface area contributed by atoms with Gasteiger partial charge in [0.1, 0.15) is 5.65 Å². The second kappa shape index (κ2) is 8.88. The third kappa shape index (κ3) is 4.63. The molecule has 0 amide bonds. The van der Waals surface area contributed by atoms with Gasteiger partial charge in [-0.2, -0.15) is 0 Å². The zero-order chi connectivity index (χ0) is 23.7. The fraction of sp³-hybridized carbons (Fsp3) is 0.250. The van der Waals surface area contributed by atoms with Crippen LogP contribution >= 0.6 is 0 Å². The van der Waals surface area contributed by atoms with Crippen molar-refractivity contribution in [1.29, 1.82) is 0 Å². The van der Waals surface area contributed by atoms with Crippen LogP contribution in [0, 0.1) is 5.41 Å². The normalized spacial score (nSPS) is 12.0. The van der Waals surface area contributed by atoms with Gasteiger partial charge in [-0.3, -0.25) is 9.78 Å². The number of hydrogen-bond acceptors (Lipinski definition) is 4. The molecule has 0 aliphatic heterocycles. The third-order valence-corrected chi connectivity index (χ3v) is 5.86. The van der Waals surface area contributed by atoms with Crippen molar-refractivity contribution in [1.82, 2.24) is 24.3 Å². The molecular weight excluding hydrogens is 422 g/mol. The van der Waals surface area contributed by atoms with Gasteiger partial charge in [0.05, 0.1) is 17.6 Å². The number of hydrogen-bond donors (Lipinski definition) is 1. The first kappa shape index (κ1) is 22.0. The maximum absolute atomic E-state index is 13.3. The van der Waals surface area contributed by atoms with Crippen molar-refractivity contribution in [3.8, 4) is 11.1 Å². The number of imidazole rings is 1. The standard InChI is InChI=1S/C28H29N5O/c1-28(2,3)19-30-13-20-9-10-26-31-22(18-33(26)16-20)17-32-12-11-23-24(21-7-5-4-6-8-21)14-29-15-25(23)27(32)34/h4-12,14-16,18,30H,13,17,19H2,1-3H3. The lowest BCUT2D eigenvalue weighted by atomic mass is 9.97. The Kier molecular flexibility index (Phi) is 5.75. The Hall–Kier alpha value is -3.77. The van der Waals surface area contributed by atoms with Crippen LogP contribution in [0.25, 0.3) is 27.5 Å². The molecule has 0 bridgehead atoms. The van der Waals surface area contributed by atoms with Crippen molar-refractivity contribution >= 4 is 16.4 Å². The summed E-state index contributed by atoms with van der Waals surface area (Å²) >= 11 is 0. The largest absolute Gasteiger partial charge is 0.312 e. The Morgan fingerprint density at radius 2 is 1.76 bits per heavy atom. The molecule has 0 radical (unpaired) electrons. The molecule has 4 heterocycles. The van der Waals surface area contributed by atoms with Crippen molar-refractivity contribution in [3.05, 3.63) is 101 Å². The molecule has 5 aromatic rings. The molecule has 0 spiro atoms. The summed E-state index contributed by atoms with van der Waals surface area (Å²) in [6, 6.07) is 16.1. The van der Waals surface area contributed by atoms with Crippen molar-refractivity contribution in [2.24, 2.45) is 5.41 Å². The van der Waals surface area contributed by atoms with Crippen LogP contribution in [-0.4, -0.2) is 25.5 Å². The topological polar surface area (TPSA) is 64.2 Å². The summed E-state index contributed by atoms with van der Waals surface area (Å²) in [6.45, 7) is 8.83. The summed E-state index contributed by atoms with van der Waals surface area (Å²) < 4.78 is 3.73. The SMILES string of the molecule is CC(C)(C)CNCc1ccc2nc(Cn3ccc4c(-c5ccccc5)cncc4c3=O)cn2c1. The number of fused-ring (bicyclic) bond motifs is 2. The van der Waals surface area contributed by atoms with E-state index in [0.717, 1.165) is 40.9 Å². The van der Waals surface area contributed by atoms with E-state index < -0.39 is 0 Å². The van der Waals surface area contributed by atoms with E-state index in [2.05, 4.69) is 43.3 Å². The van der Waals surface area contributed by atoms with Gasteiger partial charge in [-0.15, -0.1) is 0 Å². The van der Waals surface area contributed by atoms with Crippen LogP contribution in [0.1, 0.15) is 32.0 Å². The Balaban J connectivity index is 1.41. The zero-order valence-corrected chi connectivity index (χ0v) is 19.8. The number of benzene rings is 1. The molecule has 0 fully saturated rings. The summed E-state index contributed by atoms with van der Waals surface area (Å²) in [5.74, 6) is 0. The molecular formula is C28H29N5O. The van der Waals surface area contributed by atoms with Crippen molar-refractivity contribution in [2.45, 2.75) is 33.9 Å². The molecule has 1 aromatic carbocycles.